The van der Waals surface area contributed by atoms with Gasteiger partial charge in [0.15, 0.2) is 0 Å². The fraction of sp³-hybridized carbons (Fsp3) is 0.375. The first-order valence-corrected chi connectivity index (χ1v) is 8.50. The summed E-state index contributed by atoms with van der Waals surface area (Å²) in [6.45, 7) is 2.20. The summed E-state index contributed by atoms with van der Waals surface area (Å²) in [5.41, 5.74) is 2.66. The van der Waals surface area contributed by atoms with Gasteiger partial charge in [-0.05, 0) is 55.5 Å². The van der Waals surface area contributed by atoms with E-state index in [1.807, 2.05) is 12.1 Å². The Morgan fingerprint density at radius 2 is 2.00 bits per heavy atom. The fourth-order valence-electron chi connectivity index (χ4n) is 2.84. The largest absolute Gasteiger partial charge is 0.303 e. The van der Waals surface area contributed by atoms with Gasteiger partial charge in [-0.25, -0.2) is 0 Å². The molecule has 0 saturated heterocycles. The average molecular weight is 326 g/mol. The van der Waals surface area contributed by atoms with Crippen molar-refractivity contribution in [3.63, 3.8) is 0 Å². The second kappa shape index (κ2) is 6.07. The number of aryl methyl sites for hydroxylation is 1. The molecule has 1 N–H and O–H groups in total. The zero-order chi connectivity index (χ0) is 14.1. The fourth-order valence-corrected chi connectivity index (χ4v) is 4.35. The number of thiophene rings is 1. The number of fused-ring (bicyclic) bond motifs is 1. The molecule has 1 nitrogen and oxygen atoms in total. The lowest BCUT2D eigenvalue weighted by Crippen LogP contribution is -2.27. The van der Waals surface area contributed by atoms with Crippen LogP contribution in [0.15, 0.2) is 30.3 Å². The van der Waals surface area contributed by atoms with Crippen LogP contribution in [0.2, 0.25) is 9.36 Å². The first-order valence-electron chi connectivity index (χ1n) is 6.93. The molecule has 1 heterocycles. The average Bonchev–Trinajstić information content (AvgIpc) is 2.81. The molecule has 106 valence electrons. The highest BCUT2D eigenvalue weighted by atomic mass is 35.5. The number of rotatable bonds is 3. The predicted molar refractivity (Wildman–Crippen MR) is 88.0 cm³/mol. The molecular weight excluding hydrogens is 309 g/mol. The summed E-state index contributed by atoms with van der Waals surface area (Å²) in [6, 6.07) is 10.9. The maximum Gasteiger partial charge on any atom is 0.0934 e. The van der Waals surface area contributed by atoms with Crippen molar-refractivity contribution in [3.05, 3.63) is 55.7 Å². The van der Waals surface area contributed by atoms with Crippen molar-refractivity contribution in [2.45, 2.75) is 38.3 Å². The second-order valence-electron chi connectivity index (χ2n) is 5.31. The van der Waals surface area contributed by atoms with Crippen molar-refractivity contribution in [3.8, 4) is 0 Å². The molecule has 0 aliphatic heterocycles. The number of halogens is 2. The maximum absolute atomic E-state index is 6.16. The van der Waals surface area contributed by atoms with Crippen LogP contribution in [0, 0.1) is 0 Å². The van der Waals surface area contributed by atoms with Crippen molar-refractivity contribution in [2.24, 2.45) is 0 Å². The molecule has 0 fully saturated rings. The standard InChI is InChI=1S/C16H17Cl2NS/c1-10(11-5-7-12(17)8-6-11)19-14-3-2-4-15-13(14)9-16(18)20-15/h5-10,14,19H,2-4H2,1H3/t10-,14?/m0/s1. The molecule has 2 atom stereocenters. The molecule has 1 aliphatic carbocycles. The summed E-state index contributed by atoms with van der Waals surface area (Å²) in [6.07, 6.45) is 3.58. The quantitative estimate of drug-likeness (QED) is 0.753. The normalized spacial score (nSPS) is 19.6. The summed E-state index contributed by atoms with van der Waals surface area (Å²) < 4.78 is 0.905. The summed E-state index contributed by atoms with van der Waals surface area (Å²) in [5, 5.41) is 4.51. The van der Waals surface area contributed by atoms with Gasteiger partial charge in [0.1, 0.15) is 0 Å². The van der Waals surface area contributed by atoms with Crippen LogP contribution >= 0.6 is 34.5 Å². The first kappa shape index (κ1) is 14.4. The van der Waals surface area contributed by atoms with Gasteiger partial charge in [0.05, 0.1) is 4.34 Å². The lowest BCUT2D eigenvalue weighted by atomic mass is 9.93. The minimum Gasteiger partial charge on any atom is -0.303 e. The minimum absolute atomic E-state index is 0.307. The van der Waals surface area contributed by atoms with Crippen LogP contribution in [-0.4, -0.2) is 0 Å². The Balaban J connectivity index is 1.76. The molecule has 0 saturated carbocycles. The zero-order valence-electron chi connectivity index (χ0n) is 11.3. The molecular formula is C16H17Cl2NS. The minimum atomic E-state index is 0.307. The molecule has 0 spiro atoms. The second-order valence-corrected chi connectivity index (χ2v) is 7.52. The van der Waals surface area contributed by atoms with E-state index in [0.717, 1.165) is 9.36 Å². The third-order valence-corrected chi connectivity index (χ3v) is 5.50. The van der Waals surface area contributed by atoms with Crippen LogP contribution in [0.25, 0.3) is 0 Å². The molecule has 4 heteroatoms. The number of hydrogen-bond donors (Lipinski definition) is 1. The highest BCUT2D eigenvalue weighted by Gasteiger charge is 2.24. The Bertz CT molecular complexity index is 591. The molecule has 0 radical (unpaired) electrons. The van der Waals surface area contributed by atoms with Gasteiger partial charge in [-0.3, -0.25) is 0 Å². The van der Waals surface area contributed by atoms with E-state index in [0.29, 0.717) is 12.1 Å². The van der Waals surface area contributed by atoms with E-state index in [4.69, 9.17) is 23.2 Å². The van der Waals surface area contributed by atoms with E-state index in [-0.39, 0.29) is 0 Å². The van der Waals surface area contributed by atoms with Gasteiger partial charge < -0.3 is 5.32 Å². The van der Waals surface area contributed by atoms with Gasteiger partial charge in [-0.2, -0.15) is 0 Å². The van der Waals surface area contributed by atoms with E-state index in [9.17, 15) is 0 Å². The summed E-state index contributed by atoms with van der Waals surface area (Å²) in [5.74, 6) is 0. The van der Waals surface area contributed by atoms with Crippen molar-refractivity contribution < 1.29 is 0 Å². The summed E-state index contributed by atoms with van der Waals surface area (Å²) in [7, 11) is 0. The van der Waals surface area contributed by atoms with Crippen molar-refractivity contribution in [1.29, 1.82) is 0 Å². The molecule has 1 aromatic carbocycles. The Labute approximate surface area is 133 Å². The Morgan fingerprint density at radius 3 is 2.75 bits per heavy atom. The van der Waals surface area contributed by atoms with Crippen molar-refractivity contribution in [1.82, 2.24) is 5.32 Å². The number of hydrogen-bond acceptors (Lipinski definition) is 2. The smallest absolute Gasteiger partial charge is 0.0934 e. The molecule has 3 rings (SSSR count). The monoisotopic (exact) mass is 325 g/mol. The predicted octanol–water partition coefficient (Wildman–Crippen LogP) is 5.78. The van der Waals surface area contributed by atoms with Crippen LogP contribution in [0.5, 0.6) is 0 Å². The van der Waals surface area contributed by atoms with Gasteiger partial charge in [0.25, 0.3) is 0 Å². The topological polar surface area (TPSA) is 12.0 Å². The Hall–Kier alpha value is -0.540. The molecule has 2 aromatic rings. The Morgan fingerprint density at radius 1 is 1.25 bits per heavy atom. The van der Waals surface area contributed by atoms with Crippen LogP contribution < -0.4 is 5.32 Å². The third kappa shape index (κ3) is 3.04. The van der Waals surface area contributed by atoms with Gasteiger partial charge >= 0.3 is 0 Å². The van der Waals surface area contributed by atoms with Crippen LogP contribution in [0.4, 0.5) is 0 Å². The first-order chi connectivity index (χ1) is 9.63. The molecule has 20 heavy (non-hydrogen) atoms. The van der Waals surface area contributed by atoms with Crippen molar-refractivity contribution in [2.75, 3.05) is 0 Å². The number of nitrogens with one attached hydrogen (secondary N) is 1. The molecule has 0 amide bonds. The van der Waals surface area contributed by atoms with E-state index >= 15 is 0 Å². The lowest BCUT2D eigenvalue weighted by Gasteiger charge is -2.27. The van der Waals surface area contributed by atoms with Crippen LogP contribution in [0.1, 0.15) is 47.9 Å². The lowest BCUT2D eigenvalue weighted by molar-refractivity contribution is 0.418. The molecule has 1 aromatic heterocycles. The Kier molecular flexibility index (Phi) is 4.37. The van der Waals surface area contributed by atoms with E-state index in [1.165, 1.54) is 35.3 Å². The maximum atomic E-state index is 6.16. The van der Waals surface area contributed by atoms with E-state index < -0.39 is 0 Å². The van der Waals surface area contributed by atoms with Gasteiger partial charge in [-0.1, -0.05) is 35.3 Å². The summed E-state index contributed by atoms with van der Waals surface area (Å²) >= 11 is 13.8. The van der Waals surface area contributed by atoms with Crippen LogP contribution in [-0.2, 0) is 6.42 Å². The summed E-state index contributed by atoms with van der Waals surface area (Å²) in [4.78, 5) is 1.45. The van der Waals surface area contributed by atoms with Crippen LogP contribution in [0.3, 0.4) is 0 Å². The number of benzene rings is 1. The molecule has 1 aliphatic rings. The SMILES string of the molecule is C[C@H](NC1CCCc2sc(Cl)cc21)c1ccc(Cl)cc1. The third-order valence-electron chi connectivity index (χ3n) is 3.90. The van der Waals surface area contributed by atoms with Gasteiger partial charge in [0, 0.05) is 22.0 Å². The van der Waals surface area contributed by atoms with Gasteiger partial charge in [-0.15, -0.1) is 11.3 Å². The highest BCUT2D eigenvalue weighted by molar-refractivity contribution is 7.16. The zero-order valence-corrected chi connectivity index (χ0v) is 13.7. The van der Waals surface area contributed by atoms with E-state index in [1.54, 1.807) is 11.3 Å². The van der Waals surface area contributed by atoms with Gasteiger partial charge in [0.2, 0.25) is 0 Å². The highest BCUT2D eigenvalue weighted by Crippen LogP contribution is 2.38. The molecule has 0 bridgehead atoms. The van der Waals surface area contributed by atoms with Crippen molar-refractivity contribution >= 4 is 34.5 Å². The molecule has 1 unspecified atom stereocenters. The van der Waals surface area contributed by atoms with E-state index in [2.05, 4.69) is 30.4 Å².